The Hall–Kier alpha value is -1.04. The summed E-state index contributed by atoms with van der Waals surface area (Å²) in [5.74, 6) is 1.64. The molecule has 2 rings (SSSR count). The molecule has 0 amide bonds. The fourth-order valence-electron chi connectivity index (χ4n) is 2.38. The van der Waals surface area contributed by atoms with Crippen molar-refractivity contribution in [3.8, 4) is 0 Å². The van der Waals surface area contributed by atoms with E-state index >= 15 is 0 Å². The van der Waals surface area contributed by atoms with Crippen LogP contribution in [0.3, 0.4) is 0 Å². The molecule has 0 heterocycles. The monoisotopic (exact) mass is 186 g/mol. The lowest BCUT2D eigenvalue weighted by atomic mass is 9.68. The highest BCUT2D eigenvalue weighted by Gasteiger charge is 2.30. The van der Waals surface area contributed by atoms with Crippen LogP contribution >= 0.6 is 0 Å². The van der Waals surface area contributed by atoms with Crippen LogP contribution in [-0.2, 0) is 6.42 Å². The summed E-state index contributed by atoms with van der Waals surface area (Å²) in [6.45, 7) is 6.24. The van der Waals surface area contributed by atoms with E-state index in [1.807, 2.05) is 0 Å². The van der Waals surface area contributed by atoms with E-state index in [1.54, 1.807) is 0 Å². The van der Waals surface area contributed by atoms with E-state index in [1.165, 1.54) is 30.4 Å². The van der Waals surface area contributed by atoms with Crippen LogP contribution in [0.25, 0.3) is 0 Å². The standard InChI is InChI=1S/C14H18/c1-11(2)14-9-8-13(14)10-12-6-4-3-5-7-12/h3-7,13-14H,1,8-10H2,2H3. The van der Waals surface area contributed by atoms with Gasteiger partial charge < -0.3 is 0 Å². The van der Waals surface area contributed by atoms with Crippen LogP contribution in [-0.4, -0.2) is 0 Å². The molecule has 1 fully saturated rings. The van der Waals surface area contributed by atoms with Crippen LogP contribution in [0.2, 0.25) is 0 Å². The molecule has 1 aliphatic rings. The lowest BCUT2D eigenvalue weighted by Gasteiger charge is -2.37. The lowest BCUT2D eigenvalue weighted by Crippen LogP contribution is -2.28. The average Bonchev–Trinajstić information content (AvgIpc) is 2.13. The first-order chi connectivity index (χ1) is 6.77. The minimum absolute atomic E-state index is 0.787. The zero-order chi connectivity index (χ0) is 9.97. The van der Waals surface area contributed by atoms with Crippen LogP contribution in [0.15, 0.2) is 42.5 Å². The van der Waals surface area contributed by atoms with Crippen LogP contribution in [0.4, 0.5) is 0 Å². The molecule has 2 unspecified atom stereocenters. The predicted octanol–water partition coefficient (Wildman–Crippen LogP) is 3.83. The Balaban J connectivity index is 1.96. The number of benzene rings is 1. The maximum atomic E-state index is 4.07. The maximum absolute atomic E-state index is 4.07. The van der Waals surface area contributed by atoms with Gasteiger partial charge in [0.2, 0.25) is 0 Å². The summed E-state index contributed by atoms with van der Waals surface area (Å²) < 4.78 is 0. The van der Waals surface area contributed by atoms with Gasteiger partial charge in [0.25, 0.3) is 0 Å². The summed E-state index contributed by atoms with van der Waals surface area (Å²) in [5.41, 5.74) is 2.85. The van der Waals surface area contributed by atoms with Crippen molar-refractivity contribution < 1.29 is 0 Å². The molecule has 1 aromatic rings. The van der Waals surface area contributed by atoms with Crippen molar-refractivity contribution in [2.75, 3.05) is 0 Å². The number of allylic oxidation sites excluding steroid dienone is 1. The van der Waals surface area contributed by atoms with E-state index < -0.39 is 0 Å². The van der Waals surface area contributed by atoms with Gasteiger partial charge in [0.15, 0.2) is 0 Å². The molecular formula is C14H18. The van der Waals surface area contributed by atoms with Gasteiger partial charge in [-0.3, -0.25) is 0 Å². The van der Waals surface area contributed by atoms with Gasteiger partial charge in [-0.15, -0.1) is 0 Å². The van der Waals surface area contributed by atoms with Crippen molar-refractivity contribution in [2.45, 2.75) is 26.2 Å². The van der Waals surface area contributed by atoms with E-state index in [0.29, 0.717) is 0 Å². The highest BCUT2D eigenvalue weighted by Crippen LogP contribution is 2.40. The van der Waals surface area contributed by atoms with Gasteiger partial charge in [0.1, 0.15) is 0 Å². The molecule has 1 saturated carbocycles. The normalized spacial score (nSPS) is 25.5. The van der Waals surface area contributed by atoms with E-state index in [9.17, 15) is 0 Å². The number of rotatable bonds is 3. The predicted molar refractivity (Wildman–Crippen MR) is 61.2 cm³/mol. The third-order valence-corrected chi connectivity index (χ3v) is 3.39. The first kappa shape index (κ1) is 9.51. The first-order valence-electron chi connectivity index (χ1n) is 5.46. The molecule has 0 spiro atoms. The summed E-state index contributed by atoms with van der Waals surface area (Å²) in [6.07, 6.45) is 3.97. The number of hydrogen-bond acceptors (Lipinski definition) is 0. The van der Waals surface area contributed by atoms with Crippen molar-refractivity contribution in [3.05, 3.63) is 48.0 Å². The first-order valence-corrected chi connectivity index (χ1v) is 5.46. The third kappa shape index (κ3) is 1.89. The summed E-state index contributed by atoms with van der Waals surface area (Å²) in [7, 11) is 0. The Labute approximate surface area is 86.7 Å². The molecular weight excluding hydrogens is 168 g/mol. The summed E-state index contributed by atoms with van der Waals surface area (Å²) >= 11 is 0. The smallest absolute Gasteiger partial charge is 0.0177 e. The second-order valence-corrected chi connectivity index (χ2v) is 4.48. The molecule has 0 bridgehead atoms. The fourth-order valence-corrected chi connectivity index (χ4v) is 2.38. The van der Waals surface area contributed by atoms with E-state index in [4.69, 9.17) is 0 Å². The van der Waals surface area contributed by atoms with E-state index in [2.05, 4.69) is 43.8 Å². The van der Waals surface area contributed by atoms with Crippen molar-refractivity contribution in [1.29, 1.82) is 0 Å². The Morgan fingerprint density at radius 1 is 1.29 bits per heavy atom. The molecule has 1 aromatic carbocycles. The highest BCUT2D eigenvalue weighted by atomic mass is 14.4. The Bertz CT molecular complexity index is 310. The Morgan fingerprint density at radius 3 is 2.50 bits per heavy atom. The minimum Gasteiger partial charge on any atom is -0.0999 e. The molecule has 0 heteroatoms. The van der Waals surface area contributed by atoms with Crippen LogP contribution < -0.4 is 0 Å². The molecule has 0 radical (unpaired) electrons. The zero-order valence-corrected chi connectivity index (χ0v) is 8.87. The Kier molecular flexibility index (Phi) is 2.72. The summed E-state index contributed by atoms with van der Waals surface area (Å²) in [6, 6.07) is 10.8. The van der Waals surface area contributed by atoms with Gasteiger partial charge in [-0.2, -0.15) is 0 Å². The van der Waals surface area contributed by atoms with Gasteiger partial charge in [0.05, 0.1) is 0 Å². The van der Waals surface area contributed by atoms with E-state index in [-0.39, 0.29) is 0 Å². The quantitative estimate of drug-likeness (QED) is 0.629. The summed E-state index contributed by atoms with van der Waals surface area (Å²) in [5, 5.41) is 0. The largest absolute Gasteiger partial charge is 0.0999 e. The van der Waals surface area contributed by atoms with Gasteiger partial charge in [-0.05, 0) is 43.6 Å². The van der Waals surface area contributed by atoms with Crippen LogP contribution in [0.1, 0.15) is 25.3 Å². The fraction of sp³-hybridized carbons (Fsp3) is 0.429. The second-order valence-electron chi connectivity index (χ2n) is 4.48. The molecule has 74 valence electrons. The molecule has 2 atom stereocenters. The molecule has 0 nitrogen and oxygen atoms in total. The van der Waals surface area contributed by atoms with Crippen LogP contribution in [0, 0.1) is 11.8 Å². The lowest BCUT2D eigenvalue weighted by molar-refractivity contribution is 0.213. The van der Waals surface area contributed by atoms with Crippen molar-refractivity contribution in [1.82, 2.24) is 0 Å². The van der Waals surface area contributed by atoms with Crippen LogP contribution in [0.5, 0.6) is 0 Å². The molecule has 14 heavy (non-hydrogen) atoms. The maximum Gasteiger partial charge on any atom is -0.0177 e. The van der Waals surface area contributed by atoms with E-state index in [0.717, 1.165) is 11.8 Å². The molecule has 0 aromatic heterocycles. The van der Waals surface area contributed by atoms with Gasteiger partial charge in [0, 0.05) is 0 Å². The topological polar surface area (TPSA) is 0 Å². The Morgan fingerprint density at radius 2 is 2.00 bits per heavy atom. The summed E-state index contributed by atoms with van der Waals surface area (Å²) in [4.78, 5) is 0. The molecule has 0 saturated heterocycles. The van der Waals surface area contributed by atoms with Gasteiger partial charge in [-0.1, -0.05) is 42.5 Å². The van der Waals surface area contributed by atoms with Crippen molar-refractivity contribution in [2.24, 2.45) is 11.8 Å². The van der Waals surface area contributed by atoms with Crippen molar-refractivity contribution in [3.63, 3.8) is 0 Å². The van der Waals surface area contributed by atoms with Crippen molar-refractivity contribution >= 4 is 0 Å². The van der Waals surface area contributed by atoms with Gasteiger partial charge >= 0.3 is 0 Å². The molecule has 0 N–H and O–H groups in total. The third-order valence-electron chi connectivity index (χ3n) is 3.39. The number of hydrogen-bond donors (Lipinski definition) is 0. The SMILES string of the molecule is C=C(C)C1CCC1Cc1ccccc1. The second kappa shape index (κ2) is 4.00. The van der Waals surface area contributed by atoms with Gasteiger partial charge in [-0.25, -0.2) is 0 Å². The minimum atomic E-state index is 0.787. The average molecular weight is 186 g/mol. The highest BCUT2D eigenvalue weighted by molar-refractivity contribution is 5.17. The zero-order valence-electron chi connectivity index (χ0n) is 8.87. The molecule has 0 aliphatic heterocycles. The molecule has 1 aliphatic carbocycles.